The lowest BCUT2D eigenvalue weighted by molar-refractivity contribution is 0.0442. The summed E-state index contributed by atoms with van der Waals surface area (Å²) < 4.78 is 4.30. The zero-order valence-electron chi connectivity index (χ0n) is 17.6. The van der Waals surface area contributed by atoms with E-state index in [1.54, 1.807) is 13.8 Å². The summed E-state index contributed by atoms with van der Waals surface area (Å²) >= 11 is 0. The fourth-order valence-electron chi connectivity index (χ4n) is 2.02. The van der Waals surface area contributed by atoms with Gasteiger partial charge in [-0.2, -0.15) is 0 Å². The highest BCUT2D eigenvalue weighted by atomic mass is 16.6. The quantitative estimate of drug-likeness (QED) is 0.321. The second-order valence-corrected chi connectivity index (χ2v) is 7.41. The molecule has 0 spiro atoms. The number of cyclic esters (lactones) is 2. The number of carbonyl (C=O) groups is 5. The number of aliphatic hydroxyl groups is 2. The number of esters is 2. The first-order chi connectivity index (χ1) is 15.3. The number of benzene rings is 2. The Bertz CT molecular complexity index is 1010. The van der Waals surface area contributed by atoms with Gasteiger partial charge in [0.25, 0.3) is 0 Å². The van der Waals surface area contributed by atoms with Crippen LogP contribution in [0.4, 0.5) is 0 Å². The van der Waals surface area contributed by atoms with Crippen LogP contribution in [0, 0.1) is 5.41 Å². The van der Waals surface area contributed by atoms with E-state index in [0.29, 0.717) is 0 Å². The maximum Gasteiger partial charge on any atom is 0.346 e. The van der Waals surface area contributed by atoms with Gasteiger partial charge in [0, 0.05) is 5.41 Å². The number of aliphatic hydroxyl groups excluding tert-OH is 2. The number of fused-ring (bicyclic) bond motifs is 1. The average Bonchev–Trinajstić information content (AvgIpc) is 3.07. The highest BCUT2D eigenvalue weighted by Gasteiger charge is 2.30. The molecule has 11 heteroatoms. The molecular weight excluding hydrogens is 440 g/mol. The van der Waals surface area contributed by atoms with Gasteiger partial charge in [-0.1, -0.05) is 13.8 Å². The first-order valence-corrected chi connectivity index (χ1v) is 9.25. The van der Waals surface area contributed by atoms with Crippen LogP contribution in [0.2, 0.25) is 0 Å². The summed E-state index contributed by atoms with van der Waals surface area (Å²) in [5.74, 6) is -4.81. The summed E-state index contributed by atoms with van der Waals surface area (Å²) in [7, 11) is 0. The molecule has 2 aromatic rings. The van der Waals surface area contributed by atoms with Crippen LogP contribution in [-0.2, 0) is 4.74 Å². The van der Waals surface area contributed by atoms with E-state index >= 15 is 0 Å². The van der Waals surface area contributed by atoms with Gasteiger partial charge in [-0.15, -0.1) is 0 Å². The molecule has 1 aliphatic heterocycles. The van der Waals surface area contributed by atoms with E-state index in [0.717, 1.165) is 6.07 Å². The SMILES string of the molecule is CC(C)(CO)CO.O=C(O)c1ccc(C(=O)O)cc1.O=C(O)c1ccc2c(c1)C(=O)OC2=O. The van der Waals surface area contributed by atoms with Gasteiger partial charge in [-0.25, -0.2) is 24.0 Å². The van der Waals surface area contributed by atoms with E-state index in [1.807, 2.05) is 0 Å². The number of aromatic carboxylic acids is 3. The van der Waals surface area contributed by atoms with Crippen LogP contribution >= 0.6 is 0 Å². The first-order valence-electron chi connectivity index (χ1n) is 9.25. The van der Waals surface area contributed by atoms with Crippen molar-refractivity contribution in [1.82, 2.24) is 0 Å². The van der Waals surface area contributed by atoms with Gasteiger partial charge in [0.1, 0.15) is 0 Å². The Kier molecular flexibility index (Phi) is 9.40. The number of carboxylic acids is 3. The van der Waals surface area contributed by atoms with E-state index < -0.39 is 29.8 Å². The predicted octanol–water partition coefficient (Wildman–Crippen LogP) is 1.78. The molecule has 1 aliphatic rings. The molecule has 0 radical (unpaired) electrons. The van der Waals surface area contributed by atoms with Gasteiger partial charge in [-0.3, -0.25) is 0 Å². The van der Waals surface area contributed by atoms with Crippen molar-refractivity contribution < 1.29 is 54.2 Å². The summed E-state index contributed by atoms with van der Waals surface area (Å²) in [5, 5.41) is 42.4. The Hall–Kier alpha value is -4.09. The molecule has 3 rings (SSSR count). The topological polar surface area (TPSA) is 196 Å². The van der Waals surface area contributed by atoms with E-state index in [2.05, 4.69) is 4.74 Å². The Balaban J connectivity index is 0.000000263. The number of hydrogen-bond donors (Lipinski definition) is 5. The molecule has 1 heterocycles. The largest absolute Gasteiger partial charge is 0.478 e. The highest BCUT2D eigenvalue weighted by Crippen LogP contribution is 2.21. The standard InChI is InChI=1S/C9H4O5.C8H6O4.C5H12O2/c10-7(11)4-1-2-5-6(3-4)9(13)14-8(5)12;9-7(10)5-1-2-6(4-3-5)8(11)12;1-5(2,3-6)4-7/h1-3H,(H,10,11);1-4H,(H,9,10)(H,11,12);6-7H,3-4H2,1-2H3. The molecule has 0 saturated carbocycles. The Morgan fingerprint density at radius 1 is 0.697 bits per heavy atom. The third kappa shape index (κ3) is 7.83. The fraction of sp³-hybridized carbons (Fsp3) is 0.227. The first kappa shape index (κ1) is 26.9. The minimum atomic E-state index is -1.15. The normalized spacial score (nSPS) is 11.8. The van der Waals surface area contributed by atoms with E-state index in [1.165, 1.54) is 36.4 Å². The van der Waals surface area contributed by atoms with Gasteiger partial charge in [0.15, 0.2) is 0 Å². The average molecular weight is 462 g/mol. The lowest BCUT2D eigenvalue weighted by Crippen LogP contribution is -2.20. The molecule has 11 nitrogen and oxygen atoms in total. The van der Waals surface area contributed by atoms with Crippen molar-refractivity contribution in [3.8, 4) is 0 Å². The molecule has 33 heavy (non-hydrogen) atoms. The predicted molar refractivity (Wildman–Crippen MR) is 111 cm³/mol. The second-order valence-electron chi connectivity index (χ2n) is 7.41. The Morgan fingerprint density at radius 3 is 1.39 bits per heavy atom. The Labute approximate surface area is 187 Å². The Morgan fingerprint density at radius 2 is 1.06 bits per heavy atom. The summed E-state index contributed by atoms with van der Waals surface area (Å²) in [6.07, 6.45) is 0. The van der Waals surface area contributed by atoms with Crippen LogP contribution in [0.1, 0.15) is 65.6 Å². The van der Waals surface area contributed by atoms with E-state index in [9.17, 15) is 24.0 Å². The maximum atomic E-state index is 11.0. The minimum Gasteiger partial charge on any atom is -0.478 e. The highest BCUT2D eigenvalue weighted by molar-refractivity contribution is 6.15. The molecule has 2 aromatic carbocycles. The summed E-state index contributed by atoms with van der Waals surface area (Å²) in [5.41, 5.74) is -0.0645. The second kappa shape index (κ2) is 11.5. The summed E-state index contributed by atoms with van der Waals surface area (Å²) in [6, 6.07) is 8.67. The van der Waals surface area contributed by atoms with Crippen molar-refractivity contribution >= 4 is 29.8 Å². The minimum absolute atomic E-state index is 0.00917. The third-order valence-electron chi connectivity index (χ3n) is 4.13. The van der Waals surface area contributed by atoms with Crippen molar-refractivity contribution in [2.45, 2.75) is 13.8 Å². The lowest BCUT2D eigenvalue weighted by atomic mass is 9.97. The molecular formula is C22H22O11. The van der Waals surface area contributed by atoms with Crippen LogP contribution in [0.3, 0.4) is 0 Å². The molecule has 0 bridgehead atoms. The van der Waals surface area contributed by atoms with Gasteiger partial charge in [0.05, 0.1) is 41.0 Å². The lowest BCUT2D eigenvalue weighted by Gasteiger charge is -2.16. The van der Waals surface area contributed by atoms with Crippen LogP contribution < -0.4 is 0 Å². The molecule has 0 fully saturated rings. The monoisotopic (exact) mass is 462 g/mol. The molecule has 0 saturated heterocycles. The summed E-state index contributed by atoms with van der Waals surface area (Å²) in [6.45, 7) is 3.69. The number of carbonyl (C=O) groups excluding carboxylic acids is 2. The molecule has 0 aromatic heterocycles. The van der Waals surface area contributed by atoms with Crippen LogP contribution in [0.25, 0.3) is 0 Å². The number of hydrogen-bond acceptors (Lipinski definition) is 8. The van der Waals surface area contributed by atoms with Gasteiger partial charge in [0.2, 0.25) is 0 Å². The smallest absolute Gasteiger partial charge is 0.346 e. The molecule has 0 unspecified atom stereocenters. The summed E-state index contributed by atoms with van der Waals surface area (Å²) in [4.78, 5) is 53.2. The van der Waals surface area contributed by atoms with Crippen LogP contribution in [0.15, 0.2) is 42.5 Å². The van der Waals surface area contributed by atoms with E-state index in [4.69, 9.17) is 25.5 Å². The van der Waals surface area contributed by atoms with Crippen molar-refractivity contribution in [1.29, 1.82) is 0 Å². The zero-order chi connectivity index (χ0) is 25.3. The van der Waals surface area contributed by atoms with Crippen molar-refractivity contribution in [2.75, 3.05) is 13.2 Å². The van der Waals surface area contributed by atoms with Crippen molar-refractivity contribution in [3.05, 3.63) is 70.3 Å². The zero-order valence-corrected chi connectivity index (χ0v) is 17.6. The van der Waals surface area contributed by atoms with Crippen molar-refractivity contribution in [2.24, 2.45) is 5.41 Å². The number of ether oxygens (including phenoxy) is 1. The molecule has 5 N–H and O–H groups in total. The number of rotatable bonds is 5. The third-order valence-corrected chi connectivity index (χ3v) is 4.13. The van der Waals surface area contributed by atoms with Gasteiger partial charge in [-0.05, 0) is 42.5 Å². The fourth-order valence-corrected chi connectivity index (χ4v) is 2.02. The van der Waals surface area contributed by atoms with Crippen molar-refractivity contribution in [3.63, 3.8) is 0 Å². The van der Waals surface area contributed by atoms with Crippen LogP contribution in [0.5, 0.6) is 0 Å². The van der Waals surface area contributed by atoms with Gasteiger partial charge >= 0.3 is 29.8 Å². The van der Waals surface area contributed by atoms with Crippen LogP contribution in [-0.4, -0.2) is 68.6 Å². The molecule has 0 aliphatic carbocycles. The number of carboxylic acid groups (broad SMARTS) is 3. The maximum absolute atomic E-state index is 11.0. The molecule has 0 amide bonds. The van der Waals surface area contributed by atoms with E-state index in [-0.39, 0.29) is 46.4 Å². The molecule has 0 atom stereocenters. The van der Waals surface area contributed by atoms with Gasteiger partial charge < -0.3 is 30.3 Å². The molecule has 176 valence electrons.